The number of aliphatic hydroxyl groups is 1. The number of rotatable bonds is 2. The van der Waals surface area contributed by atoms with Gasteiger partial charge in [0, 0.05) is 5.92 Å². The van der Waals surface area contributed by atoms with Crippen LogP contribution in [0, 0.1) is 5.92 Å². The molecule has 11 heavy (non-hydrogen) atoms. The second-order valence-corrected chi connectivity index (χ2v) is 3.11. The number of allylic oxidation sites excluding steroid dienone is 1. The van der Waals surface area contributed by atoms with E-state index in [-0.39, 0.29) is 17.8 Å². The normalized spacial score (nSPS) is 31.4. The van der Waals surface area contributed by atoms with Crippen molar-refractivity contribution in [2.75, 3.05) is 0 Å². The van der Waals surface area contributed by atoms with Crippen LogP contribution in [0.25, 0.3) is 0 Å². The quantitative estimate of drug-likeness (QED) is 0.608. The van der Waals surface area contributed by atoms with E-state index in [9.17, 15) is 4.79 Å². The predicted octanol–water partition coefficient (Wildman–Crippen LogP) is 1.29. The highest BCUT2D eigenvalue weighted by Crippen LogP contribution is 2.24. The van der Waals surface area contributed by atoms with Gasteiger partial charge < -0.3 is 5.11 Å². The third-order valence-corrected chi connectivity index (χ3v) is 2.30. The number of ketones is 1. The Bertz CT molecular complexity index is 155. The Morgan fingerprint density at radius 2 is 1.91 bits per heavy atom. The minimum atomic E-state index is -0.177. The summed E-state index contributed by atoms with van der Waals surface area (Å²) in [6.07, 6.45) is 4.40. The van der Waals surface area contributed by atoms with Gasteiger partial charge in [-0.1, -0.05) is 6.58 Å². The van der Waals surface area contributed by atoms with Crippen LogP contribution in [0.4, 0.5) is 0 Å². The van der Waals surface area contributed by atoms with Crippen LogP contribution >= 0.6 is 0 Å². The molecule has 1 saturated carbocycles. The van der Waals surface area contributed by atoms with Crippen LogP contribution in [0.2, 0.25) is 0 Å². The molecule has 1 N–H and O–H groups in total. The molecule has 0 atom stereocenters. The third kappa shape index (κ3) is 2.15. The Morgan fingerprint density at radius 1 is 1.36 bits per heavy atom. The summed E-state index contributed by atoms with van der Waals surface area (Å²) in [4.78, 5) is 11.1. The van der Waals surface area contributed by atoms with E-state index in [0.29, 0.717) is 0 Å². The largest absolute Gasteiger partial charge is 0.393 e. The zero-order valence-electron chi connectivity index (χ0n) is 6.62. The van der Waals surface area contributed by atoms with Crippen LogP contribution in [0.5, 0.6) is 0 Å². The van der Waals surface area contributed by atoms with Crippen LogP contribution in [0.1, 0.15) is 25.7 Å². The Hall–Kier alpha value is -0.630. The van der Waals surface area contributed by atoms with Crippen molar-refractivity contribution in [3.8, 4) is 0 Å². The van der Waals surface area contributed by atoms with Crippen LogP contribution < -0.4 is 0 Å². The molecule has 0 bridgehead atoms. The number of aliphatic hydroxyl groups excluding tert-OH is 1. The summed E-state index contributed by atoms with van der Waals surface area (Å²) in [6, 6.07) is 0. The second kappa shape index (κ2) is 3.67. The monoisotopic (exact) mass is 154 g/mol. The van der Waals surface area contributed by atoms with E-state index in [2.05, 4.69) is 6.58 Å². The van der Waals surface area contributed by atoms with E-state index < -0.39 is 0 Å². The SMILES string of the molecule is C=CC(=O)C1CCC(O)CC1. The minimum Gasteiger partial charge on any atom is -0.393 e. The van der Waals surface area contributed by atoms with Crippen molar-refractivity contribution in [3.05, 3.63) is 12.7 Å². The first-order valence-electron chi connectivity index (χ1n) is 4.08. The van der Waals surface area contributed by atoms with Gasteiger partial charge >= 0.3 is 0 Å². The average molecular weight is 154 g/mol. The van der Waals surface area contributed by atoms with Gasteiger partial charge in [0.15, 0.2) is 5.78 Å². The summed E-state index contributed by atoms with van der Waals surface area (Å²) >= 11 is 0. The second-order valence-electron chi connectivity index (χ2n) is 3.11. The molecule has 1 fully saturated rings. The van der Waals surface area contributed by atoms with Crippen LogP contribution in [0.3, 0.4) is 0 Å². The van der Waals surface area contributed by atoms with Crippen LogP contribution in [-0.4, -0.2) is 17.0 Å². The molecular formula is C9H14O2. The number of carbonyl (C=O) groups is 1. The highest BCUT2D eigenvalue weighted by Gasteiger charge is 2.22. The van der Waals surface area contributed by atoms with Crippen molar-refractivity contribution in [2.45, 2.75) is 31.8 Å². The van der Waals surface area contributed by atoms with E-state index in [1.807, 2.05) is 0 Å². The Kier molecular flexibility index (Phi) is 2.83. The molecule has 2 heteroatoms. The molecule has 0 radical (unpaired) electrons. The lowest BCUT2D eigenvalue weighted by atomic mass is 9.85. The van der Waals surface area contributed by atoms with Crippen molar-refractivity contribution < 1.29 is 9.90 Å². The van der Waals surface area contributed by atoms with Crippen molar-refractivity contribution in [1.82, 2.24) is 0 Å². The molecule has 62 valence electrons. The highest BCUT2D eigenvalue weighted by molar-refractivity contribution is 5.91. The van der Waals surface area contributed by atoms with Gasteiger partial charge in [0.05, 0.1) is 6.10 Å². The summed E-state index contributed by atoms with van der Waals surface area (Å²) in [5.41, 5.74) is 0. The molecule has 1 rings (SSSR count). The summed E-state index contributed by atoms with van der Waals surface area (Å²) in [5.74, 6) is 0.271. The van der Waals surface area contributed by atoms with Gasteiger partial charge in [0.2, 0.25) is 0 Å². The lowest BCUT2D eigenvalue weighted by Crippen LogP contribution is -2.22. The average Bonchev–Trinajstić information content (AvgIpc) is 2.05. The Labute approximate surface area is 66.9 Å². The first-order chi connectivity index (χ1) is 5.24. The van der Waals surface area contributed by atoms with Gasteiger partial charge in [-0.25, -0.2) is 0 Å². The van der Waals surface area contributed by atoms with Crippen molar-refractivity contribution in [1.29, 1.82) is 0 Å². The van der Waals surface area contributed by atoms with E-state index in [4.69, 9.17) is 5.11 Å². The van der Waals surface area contributed by atoms with Gasteiger partial charge in [-0.3, -0.25) is 4.79 Å². The molecule has 0 spiro atoms. The Morgan fingerprint density at radius 3 is 2.36 bits per heavy atom. The number of carbonyl (C=O) groups excluding carboxylic acids is 1. The van der Waals surface area contributed by atoms with Crippen molar-refractivity contribution >= 4 is 5.78 Å². The molecule has 1 aliphatic carbocycles. The van der Waals surface area contributed by atoms with Gasteiger partial charge in [0.25, 0.3) is 0 Å². The van der Waals surface area contributed by atoms with Crippen molar-refractivity contribution in [3.63, 3.8) is 0 Å². The predicted molar refractivity (Wildman–Crippen MR) is 43.2 cm³/mol. The standard InChI is InChI=1S/C9H14O2/c1-2-9(11)7-3-5-8(10)6-4-7/h2,7-8,10H,1,3-6H2. The molecule has 0 aromatic carbocycles. The third-order valence-electron chi connectivity index (χ3n) is 2.30. The fourth-order valence-electron chi connectivity index (χ4n) is 1.53. The minimum absolute atomic E-state index is 0.135. The lowest BCUT2D eigenvalue weighted by Gasteiger charge is -2.22. The van der Waals surface area contributed by atoms with E-state index >= 15 is 0 Å². The van der Waals surface area contributed by atoms with Gasteiger partial charge in [0.1, 0.15) is 0 Å². The molecular weight excluding hydrogens is 140 g/mol. The van der Waals surface area contributed by atoms with E-state index in [0.717, 1.165) is 25.7 Å². The molecule has 0 heterocycles. The molecule has 0 aliphatic heterocycles. The van der Waals surface area contributed by atoms with Gasteiger partial charge in [-0.2, -0.15) is 0 Å². The van der Waals surface area contributed by atoms with Gasteiger partial charge in [-0.05, 0) is 31.8 Å². The molecule has 0 aromatic heterocycles. The maximum absolute atomic E-state index is 11.1. The Balaban J connectivity index is 2.38. The summed E-state index contributed by atoms with van der Waals surface area (Å²) in [6.45, 7) is 3.44. The first-order valence-corrected chi connectivity index (χ1v) is 4.08. The van der Waals surface area contributed by atoms with E-state index in [1.165, 1.54) is 6.08 Å². The van der Waals surface area contributed by atoms with Crippen LogP contribution in [0.15, 0.2) is 12.7 Å². The smallest absolute Gasteiger partial charge is 0.158 e. The number of hydrogen-bond acceptors (Lipinski definition) is 2. The lowest BCUT2D eigenvalue weighted by molar-refractivity contribution is -0.119. The number of hydrogen-bond donors (Lipinski definition) is 1. The first kappa shape index (κ1) is 8.47. The fraction of sp³-hybridized carbons (Fsp3) is 0.667. The summed E-state index contributed by atoms with van der Waals surface area (Å²) < 4.78 is 0. The van der Waals surface area contributed by atoms with Crippen molar-refractivity contribution in [2.24, 2.45) is 5.92 Å². The molecule has 0 amide bonds. The highest BCUT2D eigenvalue weighted by atomic mass is 16.3. The van der Waals surface area contributed by atoms with Crippen LogP contribution in [-0.2, 0) is 4.79 Å². The molecule has 0 unspecified atom stereocenters. The summed E-state index contributed by atoms with van der Waals surface area (Å²) in [5, 5.41) is 9.14. The van der Waals surface area contributed by atoms with Gasteiger partial charge in [-0.15, -0.1) is 0 Å². The molecule has 1 aliphatic rings. The topological polar surface area (TPSA) is 37.3 Å². The summed E-state index contributed by atoms with van der Waals surface area (Å²) in [7, 11) is 0. The molecule has 0 saturated heterocycles. The molecule has 2 nitrogen and oxygen atoms in total. The zero-order valence-corrected chi connectivity index (χ0v) is 6.62. The maximum Gasteiger partial charge on any atom is 0.158 e. The zero-order chi connectivity index (χ0) is 8.27. The molecule has 0 aromatic rings. The van der Waals surface area contributed by atoms with E-state index in [1.54, 1.807) is 0 Å². The fourth-order valence-corrected chi connectivity index (χ4v) is 1.53. The maximum atomic E-state index is 11.1.